The maximum atomic E-state index is 13.1. The number of nitrogens with zero attached hydrogens (tertiary/aromatic N) is 4. The molecule has 186 valence electrons. The number of methoxy groups -OCH3 is 1. The molecule has 1 aliphatic rings. The number of hydrogen-bond acceptors (Lipinski definition) is 8. The number of anilines is 1. The van der Waals surface area contributed by atoms with E-state index in [1.165, 1.54) is 22.2 Å². The SMILES string of the molecule is CCNC(=O)[C@H]1CCCN(c2nc3ncn(CC(=O)N[C@@H](C)c4ccc(OC)cc4)c(=O)c3s2)C1. The van der Waals surface area contributed by atoms with E-state index >= 15 is 0 Å². The molecule has 0 radical (unpaired) electrons. The van der Waals surface area contributed by atoms with Crippen LogP contribution in [0.25, 0.3) is 10.3 Å². The molecular formula is C24H30N6O4S. The van der Waals surface area contributed by atoms with Crippen LogP contribution in [0.1, 0.15) is 38.3 Å². The Kier molecular flexibility index (Phi) is 7.64. The van der Waals surface area contributed by atoms with Crippen LogP contribution in [-0.2, 0) is 16.1 Å². The predicted molar refractivity (Wildman–Crippen MR) is 135 cm³/mol. The van der Waals surface area contributed by atoms with E-state index in [2.05, 4.69) is 20.6 Å². The summed E-state index contributed by atoms with van der Waals surface area (Å²) in [5.41, 5.74) is 0.987. The third-order valence-corrected chi connectivity index (χ3v) is 7.19. The second-order valence-electron chi connectivity index (χ2n) is 8.57. The molecule has 0 spiro atoms. The van der Waals surface area contributed by atoms with Crippen LogP contribution in [-0.4, -0.2) is 53.1 Å². The van der Waals surface area contributed by atoms with Gasteiger partial charge in [-0.25, -0.2) is 4.98 Å². The minimum atomic E-state index is -0.303. The van der Waals surface area contributed by atoms with Crippen molar-refractivity contribution in [3.05, 3.63) is 46.5 Å². The molecule has 3 aromatic rings. The van der Waals surface area contributed by atoms with Gasteiger partial charge in [-0.05, 0) is 44.4 Å². The lowest BCUT2D eigenvalue weighted by atomic mass is 9.97. The molecule has 0 saturated carbocycles. The molecule has 10 nitrogen and oxygen atoms in total. The number of nitrogens with one attached hydrogen (secondary N) is 2. The molecule has 2 N–H and O–H groups in total. The van der Waals surface area contributed by atoms with Gasteiger partial charge in [0.25, 0.3) is 5.56 Å². The van der Waals surface area contributed by atoms with Crippen molar-refractivity contribution in [3.63, 3.8) is 0 Å². The summed E-state index contributed by atoms with van der Waals surface area (Å²) in [5.74, 6) is 0.402. The van der Waals surface area contributed by atoms with Gasteiger partial charge in [0.05, 0.1) is 19.1 Å². The molecule has 0 aliphatic carbocycles. The van der Waals surface area contributed by atoms with Crippen LogP contribution in [0.15, 0.2) is 35.4 Å². The number of amides is 2. The second kappa shape index (κ2) is 10.9. The fourth-order valence-corrected chi connectivity index (χ4v) is 5.19. The first kappa shape index (κ1) is 24.6. The Morgan fingerprint density at radius 1 is 1.29 bits per heavy atom. The van der Waals surface area contributed by atoms with Crippen molar-refractivity contribution in [1.82, 2.24) is 25.2 Å². The Morgan fingerprint density at radius 3 is 2.77 bits per heavy atom. The van der Waals surface area contributed by atoms with E-state index in [-0.39, 0.29) is 35.9 Å². The molecular weight excluding hydrogens is 468 g/mol. The van der Waals surface area contributed by atoms with Gasteiger partial charge < -0.3 is 20.3 Å². The van der Waals surface area contributed by atoms with E-state index in [1.807, 2.05) is 43.0 Å². The van der Waals surface area contributed by atoms with Gasteiger partial charge in [0.15, 0.2) is 10.8 Å². The molecule has 35 heavy (non-hydrogen) atoms. The maximum Gasteiger partial charge on any atom is 0.273 e. The lowest BCUT2D eigenvalue weighted by Crippen LogP contribution is -2.43. The predicted octanol–water partition coefficient (Wildman–Crippen LogP) is 2.09. The van der Waals surface area contributed by atoms with Crippen molar-refractivity contribution >= 4 is 38.6 Å². The summed E-state index contributed by atoms with van der Waals surface area (Å²) in [4.78, 5) is 48.9. The van der Waals surface area contributed by atoms with Crippen LogP contribution in [0.4, 0.5) is 5.13 Å². The van der Waals surface area contributed by atoms with E-state index in [0.29, 0.717) is 28.6 Å². The summed E-state index contributed by atoms with van der Waals surface area (Å²) >= 11 is 1.26. The highest BCUT2D eigenvalue weighted by Crippen LogP contribution is 2.29. The lowest BCUT2D eigenvalue weighted by molar-refractivity contribution is -0.125. The minimum Gasteiger partial charge on any atom is -0.497 e. The van der Waals surface area contributed by atoms with Crippen LogP contribution in [0, 0.1) is 5.92 Å². The Labute approximate surface area is 207 Å². The quantitative estimate of drug-likeness (QED) is 0.488. The molecule has 4 rings (SSSR count). The summed E-state index contributed by atoms with van der Waals surface area (Å²) in [7, 11) is 1.60. The molecule has 3 heterocycles. The number of hydrogen-bond donors (Lipinski definition) is 2. The highest BCUT2D eigenvalue weighted by Gasteiger charge is 2.27. The third kappa shape index (κ3) is 5.61. The van der Waals surface area contributed by atoms with Gasteiger partial charge in [-0.2, -0.15) is 4.98 Å². The van der Waals surface area contributed by atoms with E-state index in [4.69, 9.17) is 4.74 Å². The van der Waals surface area contributed by atoms with Gasteiger partial charge in [0, 0.05) is 19.6 Å². The Bertz CT molecular complexity index is 1260. The fraction of sp³-hybridized carbons (Fsp3) is 0.458. The molecule has 1 aromatic carbocycles. The average molecular weight is 499 g/mol. The zero-order chi connectivity index (χ0) is 24.9. The Hall–Kier alpha value is -3.47. The summed E-state index contributed by atoms with van der Waals surface area (Å²) in [6.07, 6.45) is 3.07. The van der Waals surface area contributed by atoms with Crippen LogP contribution in [0.2, 0.25) is 0 Å². The smallest absolute Gasteiger partial charge is 0.273 e. The summed E-state index contributed by atoms with van der Waals surface area (Å²) in [6.45, 7) is 5.58. The zero-order valence-electron chi connectivity index (χ0n) is 20.1. The van der Waals surface area contributed by atoms with Crippen molar-refractivity contribution in [3.8, 4) is 5.75 Å². The standard InChI is InChI=1S/C24H30N6O4S/c1-4-25-22(32)17-6-5-11-29(12-17)24-28-21-20(35-24)23(33)30(14-26-21)13-19(31)27-15(2)16-7-9-18(34-3)10-8-16/h7-10,14-15,17H,4-6,11-13H2,1-3H3,(H,25,32)(H,27,31)/t15-,17-/m0/s1. The summed E-state index contributed by atoms with van der Waals surface area (Å²) in [5, 5.41) is 6.48. The maximum absolute atomic E-state index is 13.1. The first-order valence-electron chi connectivity index (χ1n) is 11.7. The van der Waals surface area contributed by atoms with E-state index < -0.39 is 0 Å². The van der Waals surface area contributed by atoms with Crippen molar-refractivity contribution < 1.29 is 14.3 Å². The molecule has 1 saturated heterocycles. The van der Waals surface area contributed by atoms with Crippen LogP contribution in [0.5, 0.6) is 5.75 Å². The highest BCUT2D eigenvalue weighted by atomic mass is 32.1. The zero-order valence-corrected chi connectivity index (χ0v) is 20.9. The monoisotopic (exact) mass is 498 g/mol. The minimum absolute atomic E-state index is 0.0497. The van der Waals surface area contributed by atoms with Crippen molar-refractivity contribution in [1.29, 1.82) is 0 Å². The number of aromatic nitrogens is 3. The molecule has 0 bridgehead atoms. The molecule has 1 fully saturated rings. The molecule has 1 aliphatic heterocycles. The van der Waals surface area contributed by atoms with E-state index in [0.717, 1.165) is 30.7 Å². The van der Waals surface area contributed by atoms with E-state index in [1.54, 1.807) is 7.11 Å². The number of benzene rings is 1. The topological polar surface area (TPSA) is 118 Å². The van der Waals surface area contributed by atoms with Crippen LogP contribution < -0.4 is 25.8 Å². The van der Waals surface area contributed by atoms with Gasteiger partial charge in [0.2, 0.25) is 11.8 Å². The molecule has 0 unspecified atom stereocenters. The van der Waals surface area contributed by atoms with Crippen molar-refractivity contribution in [2.24, 2.45) is 5.92 Å². The molecule has 2 atom stereocenters. The Morgan fingerprint density at radius 2 is 2.06 bits per heavy atom. The number of carbonyl (C=O) groups is 2. The number of rotatable bonds is 8. The third-order valence-electron chi connectivity index (χ3n) is 6.09. The van der Waals surface area contributed by atoms with Gasteiger partial charge >= 0.3 is 0 Å². The van der Waals surface area contributed by atoms with Crippen LogP contribution in [0.3, 0.4) is 0 Å². The van der Waals surface area contributed by atoms with Gasteiger partial charge in [0.1, 0.15) is 23.3 Å². The molecule has 2 aromatic heterocycles. The normalized spacial score (nSPS) is 16.7. The Balaban J connectivity index is 1.45. The highest BCUT2D eigenvalue weighted by molar-refractivity contribution is 7.22. The lowest BCUT2D eigenvalue weighted by Gasteiger charge is -2.31. The summed E-state index contributed by atoms with van der Waals surface area (Å²) < 4.78 is 6.87. The van der Waals surface area contributed by atoms with Crippen molar-refractivity contribution in [2.45, 2.75) is 39.3 Å². The first-order chi connectivity index (χ1) is 16.9. The fourth-order valence-electron chi connectivity index (χ4n) is 4.18. The van der Waals surface area contributed by atoms with E-state index in [9.17, 15) is 14.4 Å². The largest absolute Gasteiger partial charge is 0.497 e. The van der Waals surface area contributed by atoms with Gasteiger partial charge in [-0.3, -0.25) is 19.0 Å². The van der Waals surface area contributed by atoms with Gasteiger partial charge in [-0.15, -0.1) is 0 Å². The van der Waals surface area contributed by atoms with Crippen molar-refractivity contribution in [2.75, 3.05) is 31.6 Å². The average Bonchev–Trinajstić information content (AvgIpc) is 3.31. The molecule has 2 amide bonds. The van der Waals surface area contributed by atoms with Crippen LogP contribution >= 0.6 is 11.3 Å². The molecule has 11 heteroatoms. The number of fused-ring (bicyclic) bond motifs is 1. The number of carbonyl (C=O) groups excluding carboxylic acids is 2. The first-order valence-corrected chi connectivity index (χ1v) is 12.5. The second-order valence-corrected chi connectivity index (χ2v) is 9.55. The number of piperidine rings is 1. The number of thiazole rings is 1. The van der Waals surface area contributed by atoms with Gasteiger partial charge in [-0.1, -0.05) is 23.5 Å². The summed E-state index contributed by atoms with van der Waals surface area (Å²) in [6, 6.07) is 7.22. The number of ether oxygens (including phenoxy) is 1.